The Morgan fingerprint density at radius 2 is 2.06 bits per heavy atom. The van der Waals surface area contributed by atoms with Crippen LogP contribution in [0.15, 0.2) is 41.8 Å². The minimum Gasteiger partial charge on any atom is -0.378 e. The highest BCUT2D eigenvalue weighted by molar-refractivity contribution is 7.10. The monoisotopic (exact) mass is 260 g/mol. The quantitative estimate of drug-likeness (QED) is 0.874. The van der Waals surface area contributed by atoms with Crippen molar-refractivity contribution in [3.05, 3.63) is 52.2 Å². The van der Waals surface area contributed by atoms with Crippen LogP contribution >= 0.6 is 11.3 Å². The zero-order chi connectivity index (χ0) is 13.0. The predicted molar refractivity (Wildman–Crippen MR) is 80.2 cm³/mol. The molecule has 3 heteroatoms. The molecule has 1 aromatic carbocycles. The third-order valence-electron chi connectivity index (χ3n) is 2.78. The molecule has 0 aliphatic rings. The van der Waals surface area contributed by atoms with Gasteiger partial charge in [0.15, 0.2) is 0 Å². The molecule has 2 nitrogen and oxygen atoms in total. The van der Waals surface area contributed by atoms with Crippen LogP contribution in [-0.2, 0) is 6.54 Å². The molecule has 0 radical (unpaired) electrons. The molecule has 2 rings (SSSR count). The lowest BCUT2D eigenvalue weighted by atomic mass is 10.1. The summed E-state index contributed by atoms with van der Waals surface area (Å²) in [5, 5.41) is 5.67. The molecule has 0 fully saturated rings. The van der Waals surface area contributed by atoms with Crippen LogP contribution in [0.2, 0.25) is 0 Å². The SMILES string of the molecule is CC(Nc1cccc(CN(C)C)c1)c1cccs1. The fourth-order valence-corrected chi connectivity index (χ4v) is 2.72. The normalized spacial score (nSPS) is 12.7. The number of rotatable bonds is 5. The number of anilines is 1. The number of benzene rings is 1. The smallest absolute Gasteiger partial charge is 0.0578 e. The molecule has 1 atom stereocenters. The van der Waals surface area contributed by atoms with Gasteiger partial charge >= 0.3 is 0 Å². The number of thiophene rings is 1. The lowest BCUT2D eigenvalue weighted by Crippen LogP contribution is -2.11. The maximum Gasteiger partial charge on any atom is 0.0578 e. The summed E-state index contributed by atoms with van der Waals surface area (Å²) in [7, 11) is 4.18. The lowest BCUT2D eigenvalue weighted by Gasteiger charge is -2.15. The van der Waals surface area contributed by atoms with E-state index < -0.39 is 0 Å². The summed E-state index contributed by atoms with van der Waals surface area (Å²) in [6.07, 6.45) is 0. The molecule has 1 unspecified atom stereocenters. The van der Waals surface area contributed by atoms with Gasteiger partial charge in [0.2, 0.25) is 0 Å². The van der Waals surface area contributed by atoms with E-state index in [9.17, 15) is 0 Å². The minimum atomic E-state index is 0.361. The first-order valence-corrected chi connectivity index (χ1v) is 7.07. The lowest BCUT2D eigenvalue weighted by molar-refractivity contribution is 0.402. The van der Waals surface area contributed by atoms with Crippen molar-refractivity contribution in [3.8, 4) is 0 Å². The van der Waals surface area contributed by atoms with Gasteiger partial charge < -0.3 is 10.2 Å². The van der Waals surface area contributed by atoms with Gasteiger partial charge in [-0.15, -0.1) is 11.3 Å². The Kier molecular flexibility index (Phi) is 4.39. The van der Waals surface area contributed by atoms with E-state index in [1.807, 2.05) is 0 Å². The molecule has 0 aliphatic heterocycles. The second-order valence-electron chi connectivity index (χ2n) is 4.82. The molecular formula is C15H20N2S. The van der Waals surface area contributed by atoms with Crippen molar-refractivity contribution in [2.45, 2.75) is 19.5 Å². The van der Waals surface area contributed by atoms with E-state index >= 15 is 0 Å². The fraction of sp³-hybridized carbons (Fsp3) is 0.333. The zero-order valence-electron chi connectivity index (χ0n) is 11.2. The van der Waals surface area contributed by atoms with Crippen molar-refractivity contribution in [2.75, 3.05) is 19.4 Å². The van der Waals surface area contributed by atoms with Crippen LogP contribution in [0.5, 0.6) is 0 Å². The Hall–Kier alpha value is -1.32. The summed E-state index contributed by atoms with van der Waals surface area (Å²) in [5.41, 5.74) is 2.53. The molecule has 1 N–H and O–H groups in total. The summed E-state index contributed by atoms with van der Waals surface area (Å²) < 4.78 is 0. The number of hydrogen-bond acceptors (Lipinski definition) is 3. The summed E-state index contributed by atoms with van der Waals surface area (Å²) >= 11 is 1.79. The molecule has 0 amide bonds. The van der Waals surface area contributed by atoms with Crippen molar-refractivity contribution in [3.63, 3.8) is 0 Å². The van der Waals surface area contributed by atoms with Crippen molar-refractivity contribution in [1.82, 2.24) is 4.90 Å². The highest BCUT2D eigenvalue weighted by atomic mass is 32.1. The molecule has 1 aromatic heterocycles. The third kappa shape index (κ3) is 3.59. The van der Waals surface area contributed by atoms with E-state index in [0.717, 1.165) is 6.54 Å². The molecule has 1 heterocycles. The Bertz CT molecular complexity index is 477. The van der Waals surface area contributed by atoms with Gasteiger partial charge in [-0.3, -0.25) is 0 Å². The number of nitrogens with zero attached hydrogens (tertiary/aromatic N) is 1. The van der Waals surface area contributed by atoms with Crippen molar-refractivity contribution >= 4 is 17.0 Å². The number of nitrogens with one attached hydrogen (secondary N) is 1. The first-order chi connectivity index (χ1) is 8.65. The zero-order valence-corrected chi connectivity index (χ0v) is 12.0. The van der Waals surface area contributed by atoms with Crippen molar-refractivity contribution in [1.29, 1.82) is 0 Å². The second-order valence-corrected chi connectivity index (χ2v) is 5.80. The molecule has 0 aliphatic carbocycles. The van der Waals surface area contributed by atoms with E-state index in [1.165, 1.54) is 16.1 Å². The molecule has 2 aromatic rings. The summed E-state index contributed by atoms with van der Waals surface area (Å²) in [6, 6.07) is 13.3. The topological polar surface area (TPSA) is 15.3 Å². The Balaban J connectivity index is 2.05. The highest BCUT2D eigenvalue weighted by Gasteiger charge is 2.06. The Morgan fingerprint density at radius 1 is 1.22 bits per heavy atom. The summed E-state index contributed by atoms with van der Waals surface area (Å²) in [4.78, 5) is 3.55. The van der Waals surface area contributed by atoms with E-state index in [4.69, 9.17) is 0 Å². The molecule has 0 saturated heterocycles. The van der Waals surface area contributed by atoms with Crippen LogP contribution in [0, 0.1) is 0 Å². The van der Waals surface area contributed by atoms with Gasteiger partial charge in [-0.1, -0.05) is 18.2 Å². The molecule has 0 bridgehead atoms. The third-order valence-corrected chi connectivity index (χ3v) is 3.83. The maximum absolute atomic E-state index is 3.55. The Morgan fingerprint density at radius 3 is 2.72 bits per heavy atom. The average Bonchev–Trinajstić information content (AvgIpc) is 2.81. The van der Waals surface area contributed by atoms with Gasteiger partial charge in [-0.05, 0) is 50.2 Å². The standard InChI is InChI=1S/C15H20N2S/c1-12(15-8-5-9-18-15)16-14-7-4-6-13(10-14)11-17(2)3/h4-10,12,16H,11H2,1-3H3. The summed E-state index contributed by atoms with van der Waals surface area (Å²) in [6.45, 7) is 3.17. The van der Waals surface area contributed by atoms with Crippen LogP contribution in [0.3, 0.4) is 0 Å². The fourth-order valence-electron chi connectivity index (χ4n) is 1.98. The van der Waals surface area contributed by atoms with Crippen molar-refractivity contribution in [2.24, 2.45) is 0 Å². The van der Waals surface area contributed by atoms with E-state index in [-0.39, 0.29) is 0 Å². The minimum absolute atomic E-state index is 0.361. The van der Waals surface area contributed by atoms with Crippen LogP contribution < -0.4 is 5.32 Å². The van der Waals surface area contributed by atoms with Gasteiger partial charge in [0.05, 0.1) is 6.04 Å². The van der Waals surface area contributed by atoms with Crippen LogP contribution in [0.25, 0.3) is 0 Å². The average molecular weight is 260 g/mol. The second kappa shape index (κ2) is 6.03. The van der Waals surface area contributed by atoms with Gasteiger partial charge in [-0.25, -0.2) is 0 Å². The molecule has 18 heavy (non-hydrogen) atoms. The van der Waals surface area contributed by atoms with E-state index in [0.29, 0.717) is 6.04 Å². The first kappa shape index (κ1) is 13.1. The van der Waals surface area contributed by atoms with Crippen LogP contribution in [0.1, 0.15) is 23.4 Å². The molecule has 0 spiro atoms. The van der Waals surface area contributed by atoms with Gasteiger partial charge in [0.1, 0.15) is 0 Å². The van der Waals surface area contributed by atoms with Gasteiger partial charge in [-0.2, -0.15) is 0 Å². The maximum atomic E-state index is 3.55. The van der Waals surface area contributed by atoms with E-state index in [2.05, 4.69) is 73.0 Å². The van der Waals surface area contributed by atoms with E-state index in [1.54, 1.807) is 11.3 Å². The Labute approximate surface area is 113 Å². The summed E-state index contributed by atoms with van der Waals surface area (Å²) in [5.74, 6) is 0. The largest absolute Gasteiger partial charge is 0.378 e. The highest BCUT2D eigenvalue weighted by Crippen LogP contribution is 2.23. The first-order valence-electron chi connectivity index (χ1n) is 6.19. The van der Waals surface area contributed by atoms with Crippen LogP contribution in [-0.4, -0.2) is 19.0 Å². The molecule has 96 valence electrons. The van der Waals surface area contributed by atoms with Gasteiger partial charge in [0.25, 0.3) is 0 Å². The molecule has 0 saturated carbocycles. The van der Waals surface area contributed by atoms with Crippen molar-refractivity contribution < 1.29 is 0 Å². The number of hydrogen-bond donors (Lipinski definition) is 1. The van der Waals surface area contributed by atoms with Gasteiger partial charge in [0, 0.05) is 17.1 Å². The predicted octanol–water partition coefficient (Wildman–Crippen LogP) is 3.98. The molecular weight excluding hydrogens is 240 g/mol. The van der Waals surface area contributed by atoms with Crippen LogP contribution in [0.4, 0.5) is 5.69 Å².